The fourth-order valence-corrected chi connectivity index (χ4v) is 14.9. The van der Waals surface area contributed by atoms with Gasteiger partial charge in [0.25, 0.3) is 21.9 Å². The molecule has 5 aromatic carbocycles. The molecule has 5 aromatic rings. The highest BCUT2D eigenvalue weighted by Gasteiger charge is 2.39. The molecule has 18 heteroatoms. The third-order valence-corrected chi connectivity index (χ3v) is 20.3. The number of methoxy groups -OCH3 is 1. The van der Waals surface area contributed by atoms with Crippen LogP contribution in [0.2, 0.25) is 0 Å². The molecule has 15 nitrogen and oxygen atoms in total. The predicted octanol–water partition coefficient (Wildman–Crippen LogP) is 10.2. The summed E-state index contributed by atoms with van der Waals surface area (Å²) in [6, 6.07) is 29.6. The van der Waals surface area contributed by atoms with Crippen LogP contribution in [0.4, 0.5) is 17.1 Å². The molecule has 4 heterocycles. The Balaban J connectivity index is 0.887. The number of aryl methyl sites for hydroxylation is 3. The van der Waals surface area contributed by atoms with Crippen molar-refractivity contribution in [3.63, 3.8) is 0 Å². The summed E-state index contributed by atoms with van der Waals surface area (Å²) in [5, 5.41) is 4.12. The number of carbonyl (C=O) groups excluding carboxylic acids is 5. The molecule has 2 N–H and O–H groups in total. The molecule has 0 saturated carbocycles. The van der Waals surface area contributed by atoms with Gasteiger partial charge in [-0.2, -0.15) is 8.42 Å². The van der Waals surface area contributed by atoms with Crippen molar-refractivity contribution < 1.29 is 50.8 Å². The second-order valence-electron chi connectivity index (χ2n) is 21.3. The minimum Gasteiger partial charge on any atom is -0.493 e. The number of Topliss-reactive ketones (excluding diaryl/α,β-unsaturated/α-hetero) is 1. The lowest BCUT2D eigenvalue weighted by Crippen LogP contribution is -2.39. The van der Waals surface area contributed by atoms with E-state index in [0.717, 1.165) is 78.4 Å². The highest BCUT2D eigenvalue weighted by atomic mass is 33.1. The number of fused-ring (bicyclic) bond motifs is 8. The zero-order chi connectivity index (χ0) is 55.5. The van der Waals surface area contributed by atoms with Crippen molar-refractivity contribution in [1.82, 2.24) is 5.32 Å². The van der Waals surface area contributed by atoms with Crippen LogP contribution in [0.25, 0.3) is 0 Å². The van der Waals surface area contributed by atoms with Gasteiger partial charge >= 0.3 is 0 Å². The van der Waals surface area contributed by atoms with E-state index in [9.17, 15) is 32.4 Å². The number of nitrogens with one attached hydrogen (secondary N) is 2. The van der Waals surface area contributed by atoms with E-state index in [2.05, 4.69) is 26.9 Å². The van der Waals surface area contributed by atoms with Crippen LogP contribution < -0.4 is 34.6 Å². The Kier molecular flexibility index (Phi) is 17.3. The number of benzene rings is 5. The van der Waals surface area contributed by atoms with Gasteiger partial charge in [-0.3, -0.25) is 28.2 Å². The van der Waals surface area contributed by atoms with Crippen LogP contribution in [0.5, 0.6) is 17.2 Å². The number of nitrogens with zero attached hydrogens (tertiary/aromatic N) is 2. The molecule has 4 amide bonds. The largest absolute Gasteiger partial charge is 0.493 e. The van der Waals surface area contributed by atoms with Gasteiger partial charge in [-0.25, -0.2) is 0 Å². The van der Waals surface area contributed by atoms with Gasteiger partial charge in [0, 0.05) is 76.6 Å². The van der Waals surface area contributed by atoms with Gasteiger partial charge < -0.3 is 34.6 Å². The van der Waals surface area contributed by atoms with Crippen molar-refractivity contribution in [1.29, 1.82) is 0 Å². The first-order valence-electron chi connectivity index (χ1n) is 26.6. The van der Waals surface area contributed by atoms with Crippen molar-refractivity contribution in [3.05, 3.63) is 141 Å². The Labute approximate surface area is 465 Å². The first-order valence-corrected chi connectivity index (χ1v) is 30.4. The van der Waals surface area contributed by atoms with Crippen molar-refractivity contribution in [2.24, 2.45) is 5.92 Å². The zero-order valence-electron chi connectivity index (χ0n) is 45.3. The van der Waals surface area contributed by atoms with E-state index in [1.807, 2.05) is 103 Å². The lowest BCUT2D eigenvalue weighted by atomic mass is 9.97. The molecule has 4 aliphatic heterocycles. The normalized spacial score (nSPS) is 17.3. The number of ketones is 1. The summed E-state index contributed by atoms with van der Waals surface area (Å²) in [4.78, 5) is 71.8. The maximum atomic E-state index is 14.2. The Morgan fingerprint density at radius 2 is 1.31 bits per heavy atom. The topological polar surface area (TPSA) is 187 Å². The molecule has 0 saturated heterocycles. The monoisotopic (exact) mass is 1120 g/mol. The highest BCUT2D eigenvalue weighted by molar-refractivity contribution is 8.77. The molecule has 0 fully saturated rings. The number of ether oxygens (including phenoxy) is 3. The molecule has 0 bridgehead atoms. The van der Waals surface area contributed by atoms with Crippen LogP contribution in [-0.4, -0.2) is 86.9 Å². The molecule has 4 aliphatic rings. The van der Waals surface area contributed by atoms with Crippen molar-refractivity contribution in [3.8, 4) is 17.2 Å². The Hall–Kier alpha value is -6.34. The average molecular weight is 1120 g/mol. The molecule has 78 heavy (non-hydrogen) atoms. The van der Waals surface area contributed by atoms with E-state index in [4.69, 9.17) is 14.2 Å². The van der Waals surface area contributed by atoms with Gasteiger partial charge in [-0.1, -0.05) is 64.9 Å². The standard InChI is InChI=1S/C60H68N4O11S3/c1-36-25-48-40(16-18-45-29-42-12-8-10-14-50(42)63(45)58(48)68)31-52(36)74-34-38-26-39(35-75-54-32-41-17-19-46-30-43-13-9-11-15-51(43)64(46)59(69)49(41)33-53(54)72-6)28-44(27-38)62-56(66)37(2)24-47(65)20-22-60(3,4)77-76-23-21-55(57(67)61-5)78(70,71)73-7/h8-15,25-28,31-33,37,45-46,55H,16-24,29-30,34-35H2,1-7H3,(H,61,67)(H,62,66)/t37-,45-,46-,55?/m1/s1. The number of para-hydroxylation sites is 2. The van der Waals surface area contributed by atoms with Crippen LogP contribution in [0.3, 0.4) is 0 Å². The van der Waals surface area contributed by atoms with E-state index in [-0.39, 0.29) is 72.8 Å². The molecule has 0 spiro atoms. The van der Waals surface area contributed by atoms with Gasteiger partial charge in [0.05, 0.1) is 14.2 Å². The highest BCUT2D eigenvalue weighted by Crippen LogP contribution is 2.43. The maximum absolute atomic E-state index is 14.2. The summed E-state index contributed by atoms with van der Waals surface area (Å²) in [6.45, 7) is 7.89. The first-order chi connectivity index (χ1) is 37.4. The minimum absolute atomic E-state index is 0.00346. The van der Waals surface area contributed by atoms with Gasteiger partial charge in [0.2, 0.25) is 11.8 Å². The van der Waals surface area contributed by atoms with Crippen molar-refractivity contribution in [2.75, 3.05) is 42.1 Å². The molecule has 9 rings (SSSR count). The van der Waals surface area contributed by atoms with Crippen molar-refractivity contribution >= 4 is 78.2 Å². The molecule has 0 aromatic heterocycles. The zero-order valence-corrected chi connectivity index (χ0v) is 47.7. The number of amides is 4. The second kappa shape index (κ2) is 23.9. The lowest BCUT2D eigenvalue weighted by Gasteiger charge is -2.23. The fourth-order valence-electron chi connectivity index (χ4n) is 11.1. The molecular formula is C60H68N4O11S3. The first kappa shape index (κ1) is 56.4. The summed E-state index contributed by atoms with van der Waals surface area (Å²) in [6.07, 6.45) is 5.53. The predicted molar refractivity (Wildman–Crippen MR) is 307 cm³/mol. The van der Waals surface area contributed by atoms with E-state index < -0.39 is 27.2 Å². The van der Waals surface area contributed by atoms with Crippen molar-refractivity contribution in [2.45, 2.75) is 127 Å². The number of anilines is 3. The smallest absolute Gasteiger partial charge is 0.279 e. The second-order valence-corrected chi connectivity index (χ2v) is 26.3. The van der Waals surface area contributed by atoms with Crippen LogP contribution >= 0.6 is 21.6 Å². The SMILES string of the molecule is CNC(=O)C(CCSSC(C)(C)CCC(=O)C[C@@H](C)C(=O)Nc1cc(COc2cc3c(cc2C)C(=O)N2c4ccccc4C[C@H]2CC3)cc(COc2cc3c(cc2OC)C(=O)N2c4ccccc4C[C@H]2CC3)c1)S(=O)(=O)OC. The summed E-state index contributed by atoms with van der Waals surface area (Å²) in [5.41, 5.74) is 10.2. The van der Waals surface area contributed by atoms with E-state index in [0.29, 0.717) is 52.7 Å². The van der Waals surface area contributed by atoms with Gasteiger partial charge in [-0.15, -0.1) is 0 Å². The molecule has 4 atom stereocenters. The Morgan fingerprint density at radius 3 is 1.88 bits per heavy atom. The quantitative estimate of drug-likeness (QED) is 0.0379. The van der Waals surface area contributed by atoms with Crippen LogP contribution in [0.1, 0.15) is 119 Å². The minimum atomic E-state index is -4.06. The van der Waals surface area contributed by atoms with E-state index in [1.54, 1.807) is 20.1 Å². The summed E-state index contributed by atoms with van der Waals surface area (Å²) < 4.78 is 47.8. The molecule has 0 radical (unpaired) electrons. The number of hydrogen-bond acceptors (Lipinski definition) is 13. The Bertz CT molecular complexity index is 3250. The van der Waals surface area contributed by atoms with Gasteiger partial charge in [0.15, 0.2) is 16.7 Å². The Morgan fingerprint density at radius 1 is 0.744 bits per heavy atom. The summed E-state index contributed by atoms with van der Waals surface area (Å²) in [7, 11) is 2.85. The summed E-state index contributed by atoms with van der Waals surface area (Å²) >= 11 is 0. The third-order valence-electron chi connectivity index (χ3n) is 15.3. The molecule has 0 aliphatic carbocycles. The van der Waals surface area contributed by atoms with E-state index in [1.165, 1.54) is 39.8 Å². The number of hydrogen-bond donors (Lipinski definition) is 2. The summed E-state index contributed by atoms with van der Waals surface area (Å²) in [5.74, 6) is 0.193. The van der Waals surface area contributed by atoms with Gasteiger partial charge in [0.1, 0.15) is 24.7 Å². The van der Waals surface area contributed by atoms with E-state index >= 15 is 0 Å². The molecular weight excluding hydrogens is 1050 g/mol. The average Bonchev–Trinajstić information content (AvgIpc) is 4.09. The fraction of sp³-hybridized carbons (Fsp3) is 0.417. The van der Waals surface area contributed by atoms with Crippen LogP contribution in [0.15, 0.2) is 91.0 Å². The maximum Gasteiger partial charge on any atom is 0.279 e. The lowest BCUT2D eigenvalue weighted by molar-refractivity contribution is -0.125. The van der Waals surface area contributed by atoms with Crippen LogP contribution in [0, 0.1) is 12.8 Å². The number of carbonyl (C=O) groups is 5. The number of rotatable bonds is 22. The molecule has 412 valence electrons. The van der Waals surface area contributed by atoms with Gasteiger partial charge in [-0.05, 0) is 166 Å². The van der Waals surface area contributed by atoms with Crippen LogP contribution in [-0.2, 0) is 67.6 Å². The molecule has 1 unspecified atom stereocenters. The third kappa shape index (κ3) is 12.4.